The number of hydrogen-bond donors (Lipinski definition) is 1. The summed E-state index contributed by atoms with van der Waals surface area (Å²) in [4.78, 5) is 26.3. The van der Waals surface area contributed by atoms with Gasteiger partial charge in [0.05, 0.1) is 19.2 Å². The zero-order chi connectivity index (χ0) is 18.8. The van der Waals surface area contributed by atoms with E-state index in [9.17, 15) is 9.59 Å². The molecule has 1 aliphatic heterocycles. The average Bonchev–Trinajstić information content (AvgIpc) is 2.63. The molecular formula is C21H24N2O3. The predicted octanol–water partition coefficient (Wildman–Crippen LogP) is 3.62. The maximum Gasteiger partial charge on any atom is 0.224 e. The number of rotatable bonds is 3. The van der Waals surface area contributed by atoms with E-state index in [-0.39, 0.29) is 29.8 Å². The molecule has 0 radical (unpaired) electrons. The third-order valence-corrected chi connectivity index (χ3v) is 4.97. The Morgan fingerprint density at radius 1 is 1.08 bits per heavy atom. The van der Waals surface area contributed by atoms with Crippen LogP contribution in [0.15, 0.2) is 48.5 Å². The van der Waals surface area contributed by atoms with E-state index < -0.39 is 0 Å². The molecule has 0 spiro atoms. The summed E-state index contributed by atoms with van der Waals surface area (Å²) in [5.41, 5.74) is 2.76. The van der Waals surface area contributed by atoms with Gasteiger partial charge in [-0.15, -0.1) is 0 Å². The van der Waals surface area contributed by atoms with E-state index in [2.05, 4.69) is 12.2 Å². The van der Waals surface area contributed by atoms with Crippen LogP contribution in [0.25, 0.3) is 0 Å². The number of amides is 2. The number of ether oxygens (including phenoxy) is 1. The number of nitrogens with zero attached hydrogens (tertiary/aromatic N) is 1. The smallest absolute Gasteiger partial charge is 0.224 e. The van der Waals surface area contributed by atoms with Gasteiger partial charge in [-0.1, -0.05) is 37.3 Å². The number of fused-ring (bicyclic) bond motifs is 1. The molecule has 0 saturated heterocycles. The van der Waals surface area contributed by atoms with Gasteiger partial charge in [-0.2, -0.15) is 0 Å². The summed E-state index contributed by atoms with van der Waals surface area (Å²) in [6, 6.07) is 15.2. The van der Waals surface area contributed by atoms with Crippen molar-refractivity contribution in [1.29, 1.82) is 0 Å². The Balaban J connectivity index is 2.21. The molecule has 3 rings (SSSR count). The Morgan fingerprint density at radius 2 is 1.77 bits per heavy atom. The van der Waals surface area contributed by atoms with Crippen molar-refractivity contribution in [2.45, 2.75) is 32.9 Å². The first-order valence-corrected chi connectivity index (χ1v) is 8.73. The molecule has 5 nitrogen and oxygen atoms in total. The van der Waals surface area contributed by atoms with E-state index in [0.717, 1.165) is 16.8 Å². The van der Waals surface area contributed by atoms with Crippen molar-refractivity contribution in [3.63, 3.8) is 0 Å². The first kappa shape index (κ1) is 18.0. The van der Waals surface area contributed by atoms with Crippen LogP contribution in [-0.2, 0) is 9.59 Å². The van der Waals surface area contributed by atoms with Crippen molar-refractivity contribution in [2.24, 2.45) is 5.92 Å². The van der Waals surface area contributed by atoms with Crippen LogP contribution in [0.2, 0.25) is 0 Å². The van der Waals surface area contributed by atoms with Gasteiger partial charge in [0.1, 0.15) is 5.75 Å². The summed E-state index contributed by atoms with van der Waals surface area (Å²) >= 11 is 0. The number of anilines is 1. The summed E-state index contributed by atoms with van der Waals surface area (Å²) in [6.45, 7) is 5.16. The summed E-state index contributed by atoms with van der Waals surface area (Å²) in [5, 5.41) is 3.07. The minimum Gasteiger partial charge on any atom is -0.497 e. The fourth-order valence-corrected chi connectivity index (χ4v) is 3.88. The van der Waals surface area contributed by atoms with Gasteiger partial charge in [-0.25, -0.2) is 0 Å². The minimum absolute atomic E-state index is 0.00944. The highest BCUT2D eigenvalue weighted by molar-refractivity contribution is 5.94. The molecule has 2 aromatic rings. The van der Waals surface area contributed by atoms with Crippen LogP contribution in [0.4, 0.5) is 5.69 Å². The van der Waals surface area contributed by atoms with Crippen molar-refractivity contribution in [2.75, 3.05) is 12.0 Å². The molecule has 0 fully saturated rings. The quantitative estimate of drug-likeness (QED) is 0.918. The predicted molar refractivity (Wildman–Crippen MR) is 101 cm³/mol. The highest BCUT2D eigenvalue weighted by Gasteiger charge is 2.41. The first-order chi connectivity index (χ1) is 12.4. The molecule has 0 unspecified atom stereocenters. The van der Waals surface area contributed by atoms with Gasteiger partial charge >= 0.3 is 0 Å². The number of carbonyl (C=O) groups excluding carboxylic acids is 2. The van der Waals surface area contributed by atoms with E-state index in [1.165, 1.54) is 6.92 Å². The summed E-state index contributed by atoms with van der Waals surface area (Å²) in [6.07, 6.45) is 0. The molecule has 5 heteroatoms. The summed E-state index contributed by atoms with van der Waals surface area (Å²) in [5.74, 6) is 0.565. The third kappa shape index (κ3) is 3.17. The van der Waals surface area contributed by atoms with Crippen LogP contribution in [0.5, 0.6) is 5.75 Å². The van der Waals surface area contributed by atoms with Gasteiger partial charge in [0.2, 0.25) is 11.8 Å². The lowest BCUT2D eigenvalue weighted by Gasteiger charge is -2.45. The molecule has 0 aromatic heterocycles. The highest BCUT2D eigenvalue weighted by atomic mass is 16.5. The fraction of sp³-hybridized carbons (Fsp3) is 0.333. The van der Waals surface area contributed by atoms with Gasteiger partial charge in [0, 0.05) is 31.0 Å². The van der Waals surface area contributed by atoms with E-state index in [0.29, 0.717) is 5.75 Å². The lowest BCUT2D eigenvalue weighted by Crippen LogP contribution is -2.46. The molecule has 3 atom stereocenters. The summed E-state index contributed by atoms with van der Waals surface area (Å²) in [7, 11) is 1.61. The molecule has 26 heavy (non-hydrogen) atoms. The number of benzene rings is 2. The van der Waals surface area contributed by atoms with Crippen LogP contribution in [-0.4, -0.2) is 18.9 Å². The maximum atomic E-state index is 12.6. The van der Waals surface area contributed by atoms with Gasteiger partial charge in [0.15, 0.2) is 0 Å². The van der Waals surface area contributed by atoms with Gasteiger partial charge in [-0.05, 0) is 23.8 Å². The largest absolute Gasteiger partial charge is 0.497 e. The van der Waals surface area contributed by atoms with Crippen molar-refractivity contribution < 1.29 is 14.3 Å². The van der Waals surface area contributed by atoms with Crippen molar-refractivity contribution in [3.8, 4) is 5.75 Å². The van der Waals surface area contributed by atoms with E-state index in [1.807, 2.05) is 53.4 Å². The summed E-state index contributed by atoms with van der Waals surface area (Å²) < 4.78 is 5.36. The topological polar surface area (TPSA) is 58.6 Å². The molecule has 1 N–H and O–H groups in total. The standard InChI is InChI=1S/C21H24N2O3/c1-13-20(22-14(2)24)18-12-17(26-4)10-11-19(18)23(15(3)25)21(13)16-8-6-5-7-9-16/h5-13,20-21H,1-4H3,(H,22,24)/t13-,20-,21-/m0/s1. The van der Waals surface area contributed by atoms with Gasteiger partial charge < -0.3 is 15.0 Å². The molecule has 2 amide bonds. The van der Waals surface area contributed by atoms with Crippen LogP contribution < -0.4 is 15.0 Å². The zero-order valence-corrected chi connectivity index (χ0v) is 15.5. The zero-order valence-electron chi connectivity index (χ0n) is 15.5. The molecule has 136 valence electrons. The fourth-order valence-electron chi connectivity index (χ4n) is 3.88. The molecule has 0 aliphatic carbocycles. The van der Waals surface area contributed by atoms with Crippen LogP contribution in [0.1, 0.15) is 44.0 Å². The molecule has 0 bridgehead atoms. The van der Waals surface area contributed by atoms with Crippen molar-refractivity contribution >= 4 is 17.5 Å². The van der Waals surface area contributed by atoms with Crippen molar-refractivity contribution in [3.05, 3.63) is 59.7 Å². The van der Waals surface area contributed by atoms with E-state index in [4.69, 9.17) is 4.74 Å². The second kappa shape index (κ2) is 7.20. The number of nitrogens with one attached hydrogen (secondary N) is 1. The Kier molecular flexibility index (Phi) is 4.98. The Labute approximate surface area is 154 Å². The van der Waals surface area contributed by atoms with Gasteiger partial charge in [0.25, 0.3) is 0 Å². The van der Waals surface area contributed by atoms with Crippen LogP contribution in [0, 0.1) is 5.92 Å². The van der Waals surface area contributed by atoms with Crippen LogP contribution >= 0.6 is 0 Å². The van der Waals surface area contributed by atoms with Gasteiger partial charge in [-0.3, -0.25) is 9.59 Å². The normalized spacial score (nSPS) is 21.7. The Hall–Kier alpha value is -2.82. The Morgan fingerprint density at radius 3 is 2.35 bits per heavy atom. The SMILES string of the molecule is COc1ccc2c(c1)[C@@H](NC(C)=O)[C@H](C)[C@@H](c1ccccc1)N2C(C)=O. The maximum absolute atomic E-state index is 12.6. The second-order valence-electron chi connectivity index (χ2n) is 6.71. The average molecular weight is 352 g/mol. The number of hydrogen-bond acceptors (Lipinski definition) is 3. The monoisotopic (exact) mass is 352 g/mol. The number of methoxy groups -OCH3 is 1. The van der Waals surface area contributed by atoms with Crippen molar-refractivity contribution in [1.82, 2.24) is 5.32 Å². The first-order valence-electron chi connectivity index (χ1n) is 8.73. The second-order valence-corrected chi connectivity index (χ2v) is 6.71. The third-order valence-electron chi connectivity index (χ3n) is 4.97. The lowest BCUT2D eigenvalue weighted by atomic mass is 9.79. The lowest BCUT2D eigenvalue weighted by molar-refractivity contribution is -0.120. The van der Waals surface area contributed by atoms with Crippen LogP contribution in [0.3, 0.4) is 0 Å². The molecule has 0 saturated carbocycles. The molecular weight excluding hydrogens is 328 g/mol. The van der Waals surface area contributed by atoms with E-state index in [1.54, 1.807) is 14.0 Å². The molecule has 1 heterocycles. The molecule has 2 aromatic carbocycles. The highest BCUT2D eigenvalue weighted by Crippen LogP contribution is 2.48. The Bertz CT molecular complexity index is 819. The molecule has 1 aliphatic rings. The number of carbonyl (C=O) groups is 2. The van der Waals surface area contributed by atoms with E-state index >= 15 is 0 Å². The minimum atomic E-state index is -0.210.